The lowest BCUT2D eigenvalue weighted by Crippen LogP contribution is -2.44. The molecular formula is C17H21F3N2O3. The number of hydrogen-bond acceptors (Lipinski definition) is 3. The fourth-order valence-electron chi connectivity index (χ4n) is 2.72. The van der Waals surface area contributed by atoms with Gasteiger partial charge in [0.25, 0.3) is 0 Å². The minimum Gasteiger partial charge on any atom is -0.440 e. The van der Waals surface area contributed by atoms with E-state index in [9.17, 15) is 22.8 Å². The van der Waals surface area contributed by atoms with Crippen LogP contribution in [0.25, 0.3) is 0 Å². The molecule has 1 aromatic rings. The smallest absolute Gasteiger partial charge is 0.422 e. The zero-order valence-electron chi connectivity index (χ0n) is 13.9. The second-order valence-electron chi connectivity index (χ2n) is 6.07. The van der Waals surface area contributed by atoms with Crippen molar-refractivity contribution in [2.75, 3.05) is 19.7 Å². The Kier molecular flexibility index (Phi) is 6.27. The van der Waals surface area contributed by atoms with E-state index in [1.54, 1.807) is 0 Å². The lowest BCUT2D eigenvalue weighted by Gasteiger charge is -2.31. The van der Waals surface area contributed by atoms with Gasteiger partial charge in [-0.2, -0.15) is 13.2 Å². The molecule has 0 spiro atoms. The molecular weight excluding hydrogens is 337 g/mol. The number of likely N-dealkylation sites (tertiary alicyclic amines) is 1. The summed E-state index contributed by atoms with van der Waals surface area (Å²) in [4.78, 5) is 25.1. The summed E-state index contributed by atoms with van der Waals surface area (Å²) in [5.41, 5.74) is 0.990. The zero-order chi connectivity index (χ0) is 18.4. The van der Waals surface area contributed by atoms with Crippen LogP contribution < -0.4 is 5.32 Å². The fraction of sp³-hybridized carbons (Fsp3) is 0.529. The van der Waals surface area contributed by atoms with E-state index >= 15 is 0 Å². The van der Waals surface area contributed by atoms with Gasteiger partial charge in [-0.3, -0.25) is 4.79 Å². The fourth-order valence-corrected chi connectivity index (χ4v) is 2.72. The van der Waals surface area contributed by atoms with Gasteiger partial charge in [0.2, 0.25) is 5.91 Å². The molecule has 1 fully saturated rings. The van der Waals surface area contributed by atoms with Crippen molar-refractivity contribution < 1.29 is 27.5 Å². The van der Waals surface area contributed by atoms with Crippen LogP contribution in [0.1, 0.15) is 31.4 Å². The monoisotopic (exact) mass is 358 g/mol. The molecule has 0 aliphatic carbocycles. The summed E-state index contributed by atoms with van der Waals surface area (Å²) in [7, 11) is 0. The summed E-state index contributed by atoms with van der Waals surface area (Å²) >= 11 is 0. The molecule has 5 nitrogen and oxygen atoms in total. The number of rotatable bonds is 4. The molecule has 25 heavy (non-hydrogen) atoms. The van der Waals surface area contributed by atoms with E-state index in [0.29, 0.717) is 12.8 Å². The lowest BCUT2D eigenvalue weighted by molar-refractivity contribution is -0.162. The number of carbonyl (C=O) groups is 2. The van der Waals surface area contributed by atoms with Crippen LogP contribution in [0.15, 0.2) is 30.3 Å². The molecule has 1 aromatic carbocycles. The quantitative estimate of drug-likeness (QED) is 0.899. The van der Waals surface area contributed by atoms with E-state index in [1.807, 2.05) is 37.3 Å². The molecule has 1 aliphatic heterocycles. The maximum Gasteiger partial charge on any atom is 0.422 e. The number of carbonyl (C=O) groups excluding carboxylic acids is 2. The van der Waals surface area contributed by atoms with Gasteiger partial charge in [0.1, 0.15) is 0 Å². The van der Waals surface area contributed by atoms with Gasteiger partial charge in [-0.1, -0.05) is 30.3 Å². The summed E-state index contributed by atoms with van der Waals surface area (Å²) in [5, 5.41) is 2.93. The Hall–Kier alpha value is -2.25. The first-order chi connectivity index (χ1) is 11.8. The molecule has 1 N–H and O–H groups in total. The minimum atomic E-state index is -4.54. The van der Waals surface area contributed by atoms with Crippen LogP contribution in [-0.2, 0) is 9.53 Å². The number of ether oxygens (including phenoxy) is 1. The van der Waals surface area contributed by atoms with E-state index < -0.39 is 18.9 Å². The highest BCUT2D eigenvalue weighted by molar-refractivity contribution is 5.79. The molecule has 2 rings (SSSR count). The van der Waals surface area contributed by atoms with E-state index in [-0.39, 0.29) is 31.0 Å². The topological polar surface area (TPSA) is 58.6 Å². The first kappa shape index (κ1) is 19.1. The largest absolute Gasteiger partial charge is 0.440 e. The number of amides is 2. The van der Waals surface area contributed by atoms with E-state index in [4.69, 9.17) is 0 Å². The van der Waals surface area contributed by atoms with Crippen LogP contribution >= 0.6 is 0 Å². The van der Waals surface area contributed by atoms with Crippen molar-refractivity contribution in [3.8, 4) is 0 Å². The van der Waals surface area contributed by atoms with Crippen LogP contribution in [0.2, 0.25) is 0 Å². The van der Waals surface area contributed by atoms with Gasteiger partial charge in [-0.25, -0.2) is 4.79 Å². The molecule has 1 heterocycles. The van der Waals surface area contributed by atoms with Gasteiger partial charge in [0.15, 0.2) is 6.61 Å². The van der Waals surface area contributed by atoms with Gasteiger partial charge in [0.05, 0.1) is 6.04 Å². The molecule has 0 radical (unpaired) electrons. The molecule has 1 saturated heterocycles. The summed E-state index contributed by atoms with van der Waals surface area (Å²) in [6, 6.07) is 9.38. The van der Waals surface area contributed by atoms with Crippen LogP contribution in [0.5, 0.6) is 0 Å². The Balaban J connectivity index is 1.77. The third kappa shape index (κ3) is 5.95. The van der Waals surface area contributed by atoms with Crippen LogP contribution in [0.4, 0.5) is 18.0 Å². The first-order valence-corrected chi connectivity index (χ1v) is 8.10. The van der Waals surface area contributed by atoms with Crippen molar-refractivity contribution in [3.63, 3.8) is 0 Å². The molecule has 0 saturated carbocycles. The second-order valence-corrected chi connectivity index (χ2v) is 6.07. The molecule has 0 unspecified atom stereocenters. The Morgan fingerprint density at radius 3 is 2.40 bits per heavy atom. The number of piperidine rings is 1. The Bertz CT molecular complexity index is 585. The number of halogens is 3. The number of nitrogens with zero attached hydrogens (tertiary/aromatic N) is 1. The third-order valence-corrected chi connectivity index (χ3v) is 4.14. The van der Waals surface area contributed by atoms with E-state index in [1.165, 1.54) is 4.90 Å². The number of hydrogen-bond donors (Lipinski definition) is 1. The van der Waals surface area contributed by atoms with Crippen molar-refractivity contribution in [2.45, 2.75) is 32.0 Å². The second kappa shape index (κ2) is 8.22. The van der Waals surface area contributed by atoms with Crippen molar-refractivity contribution in [1.82, 2.24) is 10.2 Å². The molecule has 0 bridgehead atoms. The molecule has 0 aromatic heterocycles. The van der Waals surface area contributed by atoms with Crippen molar-refractivity contribution >= 4 is 12.0 Å². The third-order valence-electron chi connectivity index (χ3n) is 4.14. The van der Waals surface area contributed by atoms with Crippen LogP contribution in [0, 0.1) is 5.92 Å². The average molecular weight is 358 g/mol. The number of benzene rings is 1. The maximum atomic E-state index is 12.3. The van der Waals surface area contributed by atoms with E-state index in [0.717, 1.165) is 5.56 Å². The van der Waals surface area contributed by atoms with Crippen LogP contribution in [0.3, 0.4) is 0 Å². The van der Waals surface area contributed by atoms with Crippen LogP contribution in [-0.4, -0.2) is 42.8 Å². The van der Waals surface area contributed by atoms with Gasteiger partial charge in [-0.05, 0) is 25.3 Å². The molecule has 1 aliphatic rings. The Morgan fingerprint density at radius 1 is 1.24 bits per heavy atom. The van der Waals surface area contributed by atoms with Gasteiger partial charge >= 0.3 is 12.3 Å². The highest BCUT2D eigenvalue weighted by Gasteiger charge is 2.33. The number of alkyl halides is 3. The Labute approximate surface area is 144 Å². The molecule has 138 valence electrons. The highest BCUT2D eigenvalue weighted by Crippen LogP contribution is 2.21. The van der Waals surface area contributed by atoms with Gasteiger partial charge in [0, 0.05) is 19.0 Å². The molecule has 2 amide bonds. The SMILES string of the molecule is C[C@H](NC(=O)C1CCN(C(=O)OCC(F)(F)F)CC1)c1ccccc1. The predicted molar refractivity (Wildman–Crippen MR) is 84.7 cm³/mol. The van der Waals surface area contributed by atoms with Gasteiger partial charge in [-0.15, -0.1) is 0 Å². The molecule has 8 heteroatoms. The summed E-state index contributed by atoms with van der Waals surface area (Å²) in [5.74, 6) is -0.377. The normalized spacial score (nSPS) is 17.0. The molecule has 1 atom stereocenters. The summed E-state index contributed by atoms with van der Waals surface area (Å²) in [6.07, 6.45) is -4.74. The lowest BCUT2D eigenvalue weighted by atomic mass is 9.95. The Morgan fingerprint density at radius 2 is 1.84 bits per heavy atom. The summed E-state index contributed by atoms with van der Waals surface area (Å²) in [6.45, 7) is 0.695. The maximum absolute atomic E-state index is 12.3. The van der Waals surface area contributed by atoms with Crippen molar-refractivity contribution in [2.24, 2.45) is 5.92 Å². The highest BCUT2D eigenvalue weighted by atomic mass is 19.4. The zero-order valence-corrected chi connectivity index (χ0v) is 13.9. The van der Waals surface area contributed by atoms with E-state index in [2.05, 4.69) is 10.1 Å². The number of nitrogens with one attached hydrogen (secondary N) is 1. The minimum absolute atomic E-state index is 0.111. The standard InChI is InChI=1S/C17H21F3N2O3/c1-12(13-5-3-2-4-6-13)21-15(23)14-7-9-22(10-8-14)16(24)25-11-17(18,19)20/h2-6,12,14H,7-11H2,1H3,(H,21,23)/t12-/m0/s1. The van der Waals surface area contributed by atoms with Crippen molar-refractivity contribution in [3.05, 3.63) is 35.9 Å². The average Bonchev–Trinajstić information content (AvgIpc) is 2.60. The summed E-state index contributed by atoms with van der Waals surface area (Å²) < 4.78 is 40.4. The van der Waals surface area contributed by atoms with Crippen molar-refractivity contribution in [1.29, 1.82) is 0 Å². The predicted octanol–water partition coefficient (Wildman–Crippen LogP) is 3.27. The van der Waals surface area contributed by atoms with Gasteiger partial charge < -0.3 is 15.0 Å². The first-order valence-electron chi connectivity index (χ1n) is 8.10.